The Bertz CT molecular complexity index is 591. The number of carbonyl (C=O) groups is 1. The van der Waals surface area contributed by atoms with Gasteiger partial charge in [0.05, 0.1) is 5.92 Å². The predicted octanol–water partition coefficient (Wildman–Crippen LogP) is 4.13. The molecule has 0 saturated carbocycles. The fourth-order valence-corrected chi connectivity index (χ4v) is 2.31. The molecule has 22 heavy (non-hydrogen) atoms. The van der Waals surface area contributed by atoms with Crippen molar-refractivity contribution >= 4 is 5.97 Å². The molecule has 0 aliphatic heterocycles. The van der Waals surface area contributed by atoms with Gasteiger partial charge in [0.25, 0.3) is 0 Å². The highest BCUT2D eigenvalue weighted by Gasteiger charge is 2.16. The summed E-state index contributed by atoms with van der Waals surface area (Å²) in [4.78, 5) is 16.1. The topological polar surface area (TPSA) is 39.2 Å². The highest BCUT2D eigenvalue weighted by Crippen LogP contribution is 2.19. The van der Waals surface area contributed by atoms with Gasteiger partial charge in [0, 0.05) is 12.4 Å². The first kappa shape index (κ1) is 16.2. The molecule has 0 aliphatic carbocycles. The van der Waals surface area contributed by atoms with Crippen molar-refractivity contribution < 1.29 is 9.53 Å². The Labute approximate surface area is 132 Å². The second-order valence-corrected chi connectivity index (χ2v) is 6.02. The molecule has 1 unspecified atom stereocenters. The summed E-state index contributed by atoms with van der Waals surface area (Å²) in [5.41, 5.74) is 3.24. The van der Waals surface area contributed by atoms with Crippen molar-refractivity contribution in [1.82, 2.24) is 4.98 Å². The monoisotopic (exact) mass is 297 g/mol. The van der Waals surface area contributed by atoms with E-state index in [9.17, 15) is 4.79 Å². The molecule has 0 N–H and O–H groups in total. The lowest BCUT2D eigenvalue weighted by molar-refractivity contribution is -0.146. The Morgan fingerprint density at radius 1 is 1.00 bits per heavy atom. The summed E-state index contributed by atoms with van der Waals surface area (Å²) >= 11 is 0. The van der Waals surface area contributed by atoms with Crippen molar-refractivity contribution in [3.63, 3.8) is 0 Å². The molecular formula is C19H23NO2. The number of esters is 1. The molecule has 2 rings (SSSR count). The molecule has 0 fully saturated rings. The number of pyridine rings is 1. The van der Waals surface area contributed by atoms with E-state index in [0.29, 0.717) is 5.92 Å². The Kier molecular flexibility index (Phi) is 5.70. The molecule has 1 heterocycles. The lowest BCUT2D eigenvalue weighted by Crippen LogP contribution is -2.13. The minimum absolute atomic E-state index is 0.201. The summed E-state index contributed by atoms with van der Waals surface area (Å²) in [6.45, 7) is 6.57. The van der Waals surface area contributed by atoms with Crippen molar-refractivity contribution in [2.45, 2.75) is 39.7 Å². The van der Waals surface area contributed by atoms with Crippen LogP contribution in [0.15, 0.2) is 48.8 Å². The summed E-state index contributed by atoms with van der Waals surface area (Å²) in [6, 6.07) is 11.9. The van der Waals surface area contributed by atoms with E-state index < -0.39 is 0 Å². The van der Waals surface area contributed by atoms with Gasteiger partial charge in [0.2, 0.25) is 0 Å². The highest BCUT2D eigenvalue weighted by atomic mass is 16.5. The minimum atomic E-state index is -0.255. The Hall–Kier alpha value is -2.16. The fourth-order valence-electron chi connectivity index (χ4n) is 2.31. The Morgan fingerprint density at radius 2 is 1.64 bits per heavy atom. The molecule has 2 aromatic rings. The molecule has 116 valence electrons. The number of aromatic nitrogens is 1. The number of rotatable bonds is 6. The fraction of sp³-hybridized carbons (Fsp3) is 0.368. The second-order valence-electron chi connectivity index (χ2n) is 6.02. The maximum atomic E-state index is 12.1. The van der Waals surface area contributed by atoms with E-state index in [1.54, 1.807) is 12.4 Å². The molecular weight excluding hydrogens is 274 g/mol. The van der Waals surface area contributed by atoms with Crippen molar-refractivity contribution in [3.8, 4) is 0 Å². The van der Waals surface area contributed by atoms with E-state index in [2.05, 4.69) is 31.0 Å². The average molecular weight is 297 g/mol. The quantitative estimate of drug-likeness (QED) is 0.753. The first-order valence-corrected chi connectivity index (χ1v) is 7.70. The van der Waals surface area contributed by atoms with Crippen LogP contribution in [-0.2, 0) is 22.6 Å². The largest absolute Gasteiger partial charge is 0.460 e. The van der Waals surface area contributed by atoms with E-state index in [1.807, 2.05) is 31.2 Å². The first-order chi connectivity index (χ1) is 10.6. The molecule has 1 aromatic carbocycles. The van der Waals surface area contributed by atoms with Crippen molar-refractivity contribution in [2.24, 2.45) is 5.92 Å². The van der Waals surface area contributed by atoms with E-state index in [1.165, 1.54) is 5.56 Å². The second kappa shape index (κ2) is 7.74. The van der Waals surface area contributed by atoms with Crippen LogP contribution >= 0.6 is 0 Å². The molecule has 0 radical (unpaired) electrons. The third-order valence-electron chi connectivity index (χ3n) is 3.61. The standard InChI is InChI=1S/C19H23NO2/c1-14(2)12-16-4-6-18(7-5-16)15(3)19(21)22-13-17-8-10-20-11-9-17/h4-11,14-15H,12-13H2,1-3H3. The number of hydrogen-bond donors (Lipinski definition) is 0. The SMILES string of the molecule is CC(C)Cc1ccc(C(C)C(=O)OCc2ccncc2)cc1. The van der Waals surface area contributed by atoms with Crippen LogP contribution in [0.2, 0.25) is 0 Å². The third kappa shape index (κ3) is 4.69. The van der Waals surface area contributed by atoms with Gasteiger partial charge in [0.15, 0.2) is 0 Å². The lowest BCUT2D eigenvalue weighted by atomic mass is 9.97. The van der Waals surface area contributed by atoms with Gasteiger partial charge < -0.3 is 4.74 Å². The summed E-state index contributed by atoms with van der Waals surface area (Å²) in [7, 11) is 0. The number of ether oxygens (including phenoxy) is 1. The number of nitrogens with zero attached hydrogens (tertiary/aromatic N) is 1. The van der Waals surface area contributed by atoms with Crippen LogP contribution in [0.3, 0.4) is 0 Å². The molecule has 3 heteroatoms. The maximum absolute atomic E-state index is 12.1. The molecule has 1 atom stereocenters. The van der Waals surface area contributed by atoms with Crippen LogP contribution in [0.25, 0.3) is 0 Å². The van der Waals surface area contributed by atoms with Crippen molar-refractivity contribution in [1.29, 1.82) is 0 Å². The number of benzene rings is 1. The summed E-state index contributed by atoms with van der Waals surface area (Å²) in [5, 5.41) is 0. The number of hydrogen-bond acceptors (Lipinski definition) is 3. The summed E-state index contributed by atoms with van der Waals surface area (Å²) in [5.74, 6) is 0.178. The van der Waals surface area contributed by atoms with Crippen molar-refractivity contribution in [3.05, 3.63) is 65.5 Å². The van der Waals surface area contributed by atoms with Crippen LogP contribution in [-0.4, -0.2) is 11.0 Å². The summed E-state index contributed by atoms with van der Waals surface area (Å²) in [6.07, 6.45) is 4.45. The van der Waals surface area contributed by atoms with Crippen LogP contribution in [0.1, 0.15) is 43.4 Å². The van der Waals surface area contributed by atoms with E-state index in [0.717, 1.165) is 17.5 Å². The van der Waals surface area contributed by atoms with E-state index in [-0.39, 0.29) is 18.5 Å². The Balaban J connectivity index is 1.92. The van der Waals surface area contributed by atoms with Gasteiger partial charge in [-0.25, -0.2) is 0 Å². The van der Waals surface area contributed by atoms with Crippen LogP contribution in [0.5, 0.6) is 0 Å². The highest BCUT2D eigenvalue weighted by molar-refractivity contribution is 5.77. The van der Waals surface area contributed by atoms with Gasteiger partial charge in [-0.3, -0.25) is 9.78 Å². The van der Waals surface area contributed by atoms with Gasteiger partial charge in [-0.2, -0.15) is 0 Å². The molecule has 0 amide bonds. The van der Waals surface area contributed by atoms with Crippen LogP contribution in [0.4, 0.5) is 0 Å². The van der Waals surface area contributed by atoms with Gasteiger partial charge in [-0.15, -0.1) is 0 Å². The molecule has 1 aromatic heterocycles. The van der Waals surface area contributed by atoms with Gasteiger partial charge in [-0.1, -0.05) is 38.1 Å². The minimum Gasteiger partial charge on any atom is -0.460 e. The molecule has 0 aliphatic rings. The van der Waals surface area contributed by atoms with Crippen molar-refractivity contribution in [2.75, 3.05) is 0 Å². The average Bonchev–Trinajstić information content (AvgIpc) is 2.53. The lowest BCUT2D eigenvalue weighted by Gasteiger charge is -2.13. The molecule has 3 nitrogen and oxygen atoms in total. The van der Waals surface area contributed by atoms with Gasteiger partial charge in [-0.05, 0) is 48.1 Å². The van der Waals surface area contributed by atoms with Crippen LogP contribution < -0.4 is 0 Å². The Morgan fingerprint density at radius 3 is 2.23 bits per heavy atom. The normalized spacial score (nSPS) is 12.2. The number of carbonyl (C=O) groups excluding carboxylic acids is 1. The zero-order chi connectivity index (χ0) is 15.9. The predicted molar refractivity (Wildman–Crippen MR) is 87.4 cm³/mol. The van der Waals surface area contributed by atoms with E-state index >= 15 is 0 Å². The van der Waals surface area contributed by atoms with Gasteiger partial charge in [0.1, 0.15) is 6.61 Å². The zero-order valence-electron chi connectivity index (χ0n) is 13.5. The smallest absolute Gasteiger partial charge is 0.313 e. The molecule has 0 saturated heterocycles. The first-order valence-electron chi connectivity index (χ1n) is 7.70. The van der Waals surface area contributed by atoms with E-state index in [4.69, 9.17) is 4.74 Å². The van der Waals surface area contributed by atoms with Crippen LogP contribution in [0, 0.1) is 5.92 Å². The maximum Gasteiger partial charge on any atom is 0.313 e. The summed E-state index contributed by atoms with van der Waals surface area (Å²) < 4.78 is 5.37. The third-order valence-corrected chi connectivity index (χ3v) is 3.61. The molecule has 0 bridgehead atoms. The zero-order valence-corrected chi connectivity index (χ0v) is 13.5. The molecule has 0 spiro atoms. The van der Waals surface area contributed by atoms with Gasteiger partial charge >= 0.3 is 5.97 Å².